The number of hydrogen-bond donors (Lipinski definition) is 1. The molecule has 6 aromatic rings. The molecule has 0 atom stereocenters. The Bertz CT molecular complexity index is 2220. The van der Waals surface area contributed by atoms with Gasteiger partial charge in [0.05, 0.1) is 40.0 Å². The van der Waals surface area contributed by atoms with Crippen LogP contribution in [0.4, 0.5) is 0 Å². The van der Waals surface area contributed by atoms with E-state index in [2.05, 4.69) is 23.1 Å². The number of carboxylic acids is 1. The first-order valence-corrected chi connectivity index (χ1v) is 13.1. The summed E-state index contributed by atoms with van der Waals surface area (Å²) in [4.78, 5) is 56.1. The molecule has 0 saturated heterocycles. The van der Waals surface area contributed by atoms with Gasteiger partial charge in [-0.25, -0.2) is 9.59 Å². The molecular weight excluding hydrogens is 587 g/mol. The molecule has 2 aromatic carbocycles. The van der Waals surface area contributed by atoms with Crippen molar-refractivity contribution in [3.63, 3.8) is 0 Å². The van der Waals surface area contributed by atoms with Crippen LogP contribution in [-0.2, 0) is 17.8 Å². The number of aromatic carboxylic acids is 1. The number of carboxylic acid groups (broad SMARTS) is 1. The number of methoxy groups -OCH3 is 1. The molecule has 0 aliphatic rings. The molecule has 0 fully saturated rings. The number of pyridine rings is 4. The van der Waals surface area contributed by atoms with Crippen LogP contribution in [0.15, 0.2) is 108 Å². The second-order valence-corrected chi connectivity index (χ2v) is 9.51. The first-order chi connectivity index (χ1) is 20.8. The molecule has 0 amide bonds. The van der Waals surface area contributed by atoms with Crippen molar-refractivity contribution >= 4 is 55.3 Å². The molecule has 4 heterocycles. The van der Waals surface area contributed by atoms with Crippen LogP contribution < -0.4 is 40.7 Å². The average Bonchev–Trinajstić information content (AvgIpc) is 3.04. The van der Waals surface area contributed by atoms with Gasteiger partial charge in [-0.2, -0.15) is 0 Å². The smallest absolute Gasteiger partial charge is 0.870 e. The summed E-state index contributed by atoms with van der Waals surface area (Å²) in [6.07, 6.45) is 9.61. The number of hydrogen-bond acceptors (Lipinski definition) is 8. The summed E-state index contributed by atoms with van der Waals surface area (Å²) in [5.74, 6) is -1.46. The van der Waals surface area contributed by atoms with Crippen molar-refractivity contribution in [3.05, 3.63) is 130 Å². The van der Waals surface area contributed by atoms with Gasteiger partial charge in [-0.15, -0.1) is 13.2 Å². The summed E-state index contributed by atoms with van der Waals surface area (Å²) in [6, 6.07) is 13.5. The van der Waals surface area contributed by atoms with Gasteiger partial charge in [-0.3, -0.25) is 19.6 Å². The van der Waals surface area contributed by atoms with E-state index in [0.717, 1.165) is 21.5 Å². The maximum Gasteiger partial charge on any atom is 1.00 e. The van der Waals surface area contributed by atoms with Gasteiger partial charge < -0.3 is 24.5 Å². The molecule has 0 unspecified atom stereocenters. The molecule has 0 radical (unpaired) electrons. The van der Waals surface area contributed by atoms with Crippen LogP contribution in [0.5, 0.6) is 0 Å². The predicted molar refractivity (Wildman–Crippen MR) is 168 cm³/mol. The van der Waals surface area contributed by atoms with E-state index in [1.807, 2.05) is 6.07 Å². The molecule has 11 nitrogen and oxygen atoms in total. The summed E-state index contributed by atoms with van der Waals surface area (Å²) < 4.78 is 7.84. The Hall–Kier alpha value is -4.94. The number of nitrogens with zero attached hydrogens (tertiary/aromatic N) is 4. The van der Waals surface area contributed by atoms with E-state index in [1.165, 1.54) is 30.0 Å². The molecular formula is C33H27N4NaO7. The van der Waals surface area contributed by atoms with Gasteiger partial charge in [0.25, 0.3) is 11.1 Å². The number of rotatable bonds is 6. The third-order valence-electron chi connectivity index (χ3n) is 7.04. The number of fused-ring (bicyclic) bond motifs is 6. The molecule has 4 aromatic heterocycles. The van der Waals surface area contributed by atoms with Gasteiger partial charge in [0.15, 0.2) is 0 Å². The van der Waals surface area contributed by atoms with Crippen LogP contribution in [0.3, 0.4) is 0 Å². The Morgan fingerprint density at radius 3 is 1.62 bits per heavy atom. The molecule has 0 spiro atoms. The van der Waals surface area contributed by atoms with Crippen molar-refractivity contribution in [2.45, 2.75) is 13.1 Å². The number of carbonyl (C=O) groups excluding carboxylic acids is 1. The van der Waals surface area contributed by atoms with Crippen molar-refractivity contribution < 1.29 is 54.5 Å². The predicted octanol–water partition coefficient (Wildman–Crippen LogP) is 1.78. The first kappa shape index (κ1) is 34.5. The molecule has 0 bridgehead atoms. The van der Waals surface area contributed by atoms with Crippen molar-refractivity contribution in [2.75, 3.05) is 7.11 Å². The first-order valence-electron chi connectivity index (χ1n) is 13.1. The van der Waals surface area contributed by atoms with Crippen LogP contribution in [0.1, 0.15) is 20.7 Å². The van der Waals surface area contributed by atoms with E-state index >= 15 is 0 Å². The molecule has 12 heteroatoms. The van der Waals surface area contributed by atoms with E-state index in [-0.39, 0.29) is 51.7 Å². The third-order valence-corrected chi connectivity index (χ3v) is 7.04. The minimum absolute atomic E-state index is 0. The molecule has 0 aliphatic carbocycles. The summed E-state index contributed by atoms with van der Waals surface area (Å²) in [7, 11) is 1.33. The molecule has 6 rings (SSSR count). The normalized spacial score (nSPS) is 10.3. The second-order valence-electron chi connectivity index (χ2n) is 9.51. The summed E-state index contributed by atoms with van der Waals surface area (Å²) in [5, 5.41) is 13.5. The quantitative estimate of drug-likeness (QED) is 0.128. The summed E-state index contributed by atoms with van der Waals surface area (Å²) in [6.45, 7) is 8.00. The van der Waals surface area contributed by atoms with Crippen molar-refractivity contribution in [2.24, 2.45) is 0 Å². The Morgan fingerprint density at radius 2 is 1.20 bits per heavy atom. The fraction of sp³-hybridized carbons (Fsp3) is 0.0909. The van der Waals surface area contributed by atoms with Crippen molar-refractivity contribution in [1.82, 2.24) is 19.1 Å². The summed E-state index contributed by atoms with van der Waals surface area (Å²) >= 11 is 0. The molecule has 0 saturated carbocycles. The van der Waals surface area contributed by atoms with Crippen molar-refractivity contribution in [1.29, 1.82) is 0 Å². The van der Waals surface area contributed by atoms with E-state index < -0.39 is 11.9 Å². The number of benzene rings is 2. The van der Waals surface area contributed by atoms with E-state index in [1.54, 1.807) is 65.6 Å². The molecule has 222 valence electrons. The van der Waals surface area contributed by atoms with Gasteiger partial charge in [-0.1, -0.05) is 24.3 Å². The minimum Gasteiger partial charge on any atom is -0.870 e. The largest absolute Gasteiger partial charge is 1.00 e. The number of esters is 1. The average molecular weight is 615 g/mol. The van der Waals surface area contributed by atoms with Crippen LogP contribution in [0, 0.1) is 0 Å². The van der Waals surface area contributed by atoms with Gasteiger partial charge >= 0.3 is 41.5 Å². The Kier molecular flexibility index (Phi) is 11.3. The van der Waals surface area contributed by atoms with Gasteiger partial charge in [0, 0.05) is 48.6 Å². The topological polar surface area (TPSA) is 163 Å². The zero-order valence-electron chi connectivity index (χ0n) is 24.6. The molecule has 45 heavy (non-hydrogen) atoms. The van der Waals surface area contributed by atoms with Gasteiger partial charge in [0.2, 0.25) is 0 Å². The Balaban J connectivity index is 0.000000235. The molecule has 2 N–H and O–H groups in total. The Labute approximate surface area is 278 Å². The van der Waals surface area contributed by atoms with E-state index in [4.69, 9.17) is 9.84 Å². The zero-order valence-corrected chi connectivity index (χ0v) is 26.6. The van der Waals surface area contributed by atoms with Crippen LogP contribution in [0.2, 0.25) is 0 Å². The molecule has 0 aliphatic heterocycles. The van der Waals surface area contributed by atoms with Crippen LogP contribution in [-0.4, -0.2) is 48.7 Å². The van der Waals surface area contributed by atoms with Crippen LogP contribution in [0.25, 0.3) is 43.4 Å². The second kappa shape index (κ2) is 14.7. The summed E-state index contributed by atoms with van der Waals surface area (Å²) in [5.41, 5.74) is 1.45. The monoisotopic (exact) mass is 614 g/mol. The van der Waals surface area contributed by atoms with Crippen molar-refractivity contribution in [3.8, 4) is 0 Å². The fourth-order valence-electron chi connectivity index (χ4n) is 5.07. The standard InChI is InChI=1S/C17H14N2O3.C16H12N2O3.Na.H2O/c1-3-8-19-15-9-11(17(21)22-2)4-5-13(15)12-6-7-18-10-14(12)16(19)20;1-2-7-18-14-8-10(16(20)21)3-4-12(14)11-5-6-17-9-13(11)15(18)19;;/h3-7,9-10H,1,8H2,2H3;2-6,8-9H,1,7H2,(H,20,21);;1H2/q;;+1;/p-1. The zero-order chi connectivity index (χ0) is 30.7. The van der Waals surface area contributed by atoms with E-state index in [0.29, 0.717) is 40.5 Å². The maximum absolute atomic E-state index is 12.6. The van der Waals surface area contributed by atoms with Gasteiger partial charge in [0.1, 0.15) is 0 Å². The van der Waals surface area contributed by atoms with Gasteiger partial charge in [-0.05, 0) is 47.2 Å². The Morgan fingerprint density at radius 1 is 0.756 bits per heavy atom. The van der Waals surface area contributed by atoms with Crippen LogP contribution >= 0.6 is 0 Å². The SMILES string of the molecule is C=CCn1c(=O)c2cnccc2c2ccc(C(=O)O)cc21.C=CCn1c(=O)c2cnccc2c2ccc(C(=O)OC)cc21.[Na+].[OH-]. The minimum atomic E-state index is -1.02. The number of allylic oxidation sites excluding steroid dienone is 2. The third kappa shape index (κ3) is 6.47. The fourth-order valence-corrected chi connectivity index (χ4v) is 5.07. The van der Waals surface area contributed by atoms with E-state index in [9.17, 15) is 19.2 Å². The maximum atomic E-state index is 12.6. The number of aromatic nitrogens is 4. The number of carbonyl (C=O) groups is 2. The number of ether oxygens (including phenoxy) is 1.